The molecule has 2 rings (SSSR count). The van der Waals surface area contributed by atoms with Crippen LogP contribution < -0.4 is 10.6 Å². The molecule has 0 bridgehead atoms. The third-order valence-corrected chi connectivity index (χ3v) is 2.83. The molecule has 0 radical (unpaired) electrons. The zero-order chi connectivity index (χ0) is 12.8. The lowest BCUT2D eigenvalue weighted by Gasteiger charge is -2.22. The minimum absolute atomic E-state index is 0.249. The Balaban J connectivity index is 1.89. The van der Waals surface area contributed by atoms with Gasteiger partial charge in [0.15, 0.2) is 0 Å². The molecular weight excluding hydrogens is 232 g/mol. The minimum Gasteiger partial charge on any atom is -0.381 e. The van der Waals surface area contributed by atoms with Gasteiger partial charge in [0.25, 0.3) is 0 Å². The first-order valence-corrected chi connectivity index (χ1v) is 6.07. The van der Waals surface area contributed by atoms with Gasteiger partial charge in [0.2, 0.25) is 0 Å². The predicted molar refractivity (Wildman–Crippen MR) is 68.5 cm³/mol. The third kappa shape index (κ3) is 3.33. The molecule has 2 heterocycles. The SMILES string of the molecule is C=CCNC(=O)Nc1cnn(C2CCOCC2)c1. The molecule has 0 unspecified atom stereocenters. The monoisotopic (exact) mass is 250 g/mol. The first-order valence-electron chi connectivity index (χ1n) is 6.07. The summed E-state index contributed by atoms with van der Waals surface area (Å²) in [6, 6.07) is 0.118. The molecule has 98 valence electrons. The maximum Gasteiger partial charge on any atom is 0.319 e. The van der Waals surface area contributed by atoms with E-state index in [1.807, 2.05) is 10.9 Å². The summed E-state index contributed by atoms with van der Waals surface area (Å²) in [5.74, 6) is 0. The van der Waals surface area contributed by atoms with E-state index in [2.05, 4.69) is 22.3 Å². The number of urea groups is 1. The van der Waals surface area contributed by atoms with Gasteiger partial charge >= 0.3 is 6.03 Å². The van der Waals surface area contributed by atoms with Crippen LogP contribution in [0.5, 0.6) is 0 Å². The van der Waals surface area contributed by atoms with E-state index in [1.165, 1.54) is 0 Å². The van der Waals surface area contributed by atoms with Crippen molar-refractivity contribution in [3.63, 3.8) is 0 Å². The molecular formula is C12H18N4O2. The third-order valence-electron chi connectivity index (χ3n) is 2.83. The van der Waals surface area contributed by atoms with E-state index in [1.54, 1.807) is 12.3 Å². The van der Waals surface area contributed by atoms with Gasteiger partial charge in [-0.3, -0.25) is 4.68 Å². The summed E-state index contributed by atoms with van der Waals surface area (Å²) in [6.45, 7) is 5.52. The topological polar surface area (TPSA) is 68.2 Å². The van der Waals surface area contributed by atoms with Crippen LogP contribution in [0.25, 0.3) is 0 Å². The highest BCUT2D eigenvalue weighted by Crippen LogP contribution is 2.21. The van der Waals surface area contributed by atoms with Crippen molar-refractivity contribution in [1.29, 1.82) is 0 Å². The molecule has 0 aliphatic carbocycles. The number of aromatic nitrogens is 2. The van der Waals surface area contributed by atoms with Gasteiger partial charge in [0.1, 0.15) is 0 Å². The first-order chi connectivity index (χ1) is 8.79. The van der Waals surface area contributed by atoms with Crippen LogP contribution in [0.4, 0.5) is 10.5 Å². The zero-order valence-electron chi connectivity index (χ0n) is 10.3. The highest BCUT2D eigenvalue weighted by atomic mass is 16.5. The van der Waals surface area contributed by atoms with Crippen LogP contribution >= 0.6 is 0 Å². The van der Waals surface area contributed by atoms with Crippen molar-refractivity contribution in [2.24, 2.45) is 0 Å². The van der Waals surface area contributed by atoms with Crippen molar-refractivity contribution in [3.05, 3.63) is 25.0 Å². The number of nitrogens with one attached hydrogen (secondary N) is 2. The average molecular weight is 250 g/mol. The molecule has 18 heavy (non-hydrogen) atoms. The fraction of sp³-hybridized carbons (Fsp3) is 0.500. The Hall–Kier alpha value is -1.82. The quantitative estimate of drug-likeness (QED) is 0.796. The molecule has 1 saturated heterocycles. The van der Waals surface area contributed by atoms with Crippen LogP contribution in [0.3, 0.4) is 0 Å². The van der Waals surface area contributed by atoms with Crippen LogP contribution in [0.2, 0.25) is 0 Å². The molecule has 2 N–H and O–H groups in total. The van der Waals surface area contributed by atoms with Gasteiger partial charge in [-0.05, 0) is 12.8 Å². The van der Waals surface area contributed by atoms with Crippen molar-refractivity contribution in [1.82, 2.24) is 15.1 Å². The van der Waals surface area contributed by atoms with Gasteiger partial charge in [-0.25, -0.2) is 4.79 Å². The second-order valence-electron chi connectivity index (χ2n) is 4.18. The maximum absolute atomic E-state index is 11.4. The Labute approximate surface area is 106 Å². The summed E-state index contributed by atoms with van der Waals surface area (Å²) in [6.07, 6.45) is 7.06. The molecule has 1 aromatic heterocycles. The number of anilines is 1. The van der Waals surface area contributed by atoms with Gasteiger partial charge in [-0.15, -0.1) is 6.58 Å². The fourth-order valence-electron chi connectivity index (χ4n) is 1.89. The van der Waals surface area contributed by atoms with Gasteiger partial charge in [0, 0.05) is 26.0 Å². The van der Waals surface area contributed by atoms with E-state index < -0.39 is 0 Å². The van der Waals surface area contributed by atoms with E-state index in [9.17, 15) is 4.79 Å². The Bertz CT molecular complexity index is 410. The molecule has 0 atom stereocenters. The summed E-state index contributed by atoms with van der Waals surface area (Å²) >= 11 is 0. The summed E-state index contributed by atoms with van der Waals surface area (Å²) in [5.41, 5.74) is 0.697. The van der Waals surface area contributed by atoms with Crippen LogP contribution in [0, 0.1) is 0 Å². The highest BCUT2D eigenvalue weighted by Gasteiger charge is 2.16. The largest absolute Gasteiger partial charge is 0.381 e. The highest BCUT2D eigenvalue weighted by molar-refractivity contribution is 5.88. The lowest BCUT2D eigenvalue weighted by atomic mass is 10.1. The summed E-state index contributed by atoms with van der Waals surface area (Å²) in [4.78, 5) is 11.4. The Kier molecular flexibility index (Phi) is 4.35. The number of rotatable bonds is 4. The van der Waals surface area contributed by atoms with E-state index in [-0.39, 0.29) is 6.03 Å². The van der Waals surface area contributed by atoms with Crippen molar-refractivity contribution >= 4 is 11.7 Å². The lowest BCUT2D eigenvalue weighted by molar-refractivity contribution is 0.0662. The number of hydrogen-bond donors (Lipinski definition) is 2. The second kappa shape index (κ2) is 6.20. The van der Waals surface area contributed by atoms with Crippen molar-refractivity contribution in [2.75, 3.05) is 25.1 Å². The summed E-state index contributed by atoms with van der Waals surface area (Å²) < 4.78 is 7.20. The van der Waals surface area contributed by atoms with E-state index >= 15 is 0 Å². The van der Waals surface area contributed by atoms with Crippen molar-refractivity contribution in [2.45, 2.75) is 18.9 Å². The van der Waals surface area contributed by atoms with E-state index in [0.717, 1.165) is 26.1 Å². The van der Waals surface area contributed by atoms with Gasteiger partial charge < -0.3 is 15.4 Å². The molecule has 1 aliphatic heterocycles. The molecule has 0 saturated carbocycles. The zero-order valence-corrected chi connectivity index (χ0v) is 10.3. The normalized spacial score (nSPS) is 16.2. The summed E-state index contributed by atoms with van der Waals surface area (Å²) in [5, 5.41) is 9.64. The number of hydrogen-bond acceptors (Lipinski definition) is 3. The Morgan fingerprint density at radius 2 is 2.39 bits per heavy atom. The molecule has 6 heteroatoms. The Morgan fingerprint density at radius 1 is 1.61 bits per heavy atom. The van der Waals surface area contributed by atoms with Gasteiger partial charge in [-0.1, -0.05) is 6.08 Å². The van der Waals surface area contributed by atoms with Crippen LogP contribution in [0.15, 0.2) is 25.0 Å². The Morgan fingerprint density at radius 3 is 3.11 bits per heavy atom. The number of carbonyl (C=O) groups is 1. The fourth-order valence-corrected chi connectivity index (χ4v) is 1.89. The lowest BCUT2D eigenvalue weighted by Crippen LogP contribution is -2.28. The molecule has 1 aromatic rings. The molecule has 6 nitrogen and oxygen atoms in total. The van der Waals surface area contributed by atoms with Crippen molar-refractivity contribution < 1.29 is 9.53 Å². The first kappa shape index (κ1) is 12.6. The maximum atomic E-state index is 11.4. The second-order valence-corrected chi connectivity index (χ2v) is 4.18. The smallest absolute Gasteiger partial charge is 0.319 e. The minimum atomic E-state index is -0.249. The number of carbonyl (C=O) groups excluding carboxylic acids is 1. The van der Waals surface area contributed by atoms with Crippen LogP contribution in [0.1, 0.15) is 18.9 Å². The van der Waals surface area contributed by atoms with E-state index in [0.29, 0.717) is 18.3 Å². The molecule has 1 fully saturated rings. The molecule has 0 spiro atoms. The van der Waals surface area contributed by atoms with Gasteiger partial charge in [-0.2, -0.15) is 5.10 Å². The van der Waals surface area contributed by atoms with E-state index in [4.69, 9.17) is 4.74 Å². The van der Waals surface area contributed by atoms with Crippen LogP contribution in [-0.4, -0.2) is 35.6 Å². The number of amides is 2. The van der Waals surface area contributed by atoms with Crippen LogP contribution in [-0.2, 0) is 4.74 Å². The molecule has 2 amide bonds. The summed E-state index contributed by atoms with van der Waals surface area (Å²) in [7, 11) is 0. The molecule has 1 aliphatic rings. The van der Waals surface area contributed by atoms with Gasteiger partial charge in [0.05, 0.1) is 17.9 Å². The average Bonchev–Trinajstić information content (AvgIpc) is 2.86. The number of ether oxygens (including phenoxy) is 1. The molecule has 0 aromatic carbocycles. The standard InChI is InChI=1S/C12H18N4O2/c1-2-5-13-12(17)15-10-8-14-16(9-10)11-3-6-18-7-4-11/h2,8-9,11H,1,3-7H2,(H2,13,15,17). The van der Waals surface area contributed by atoms with Crippen molar-refractivity contribution in [3.8, 4) is 0 Å². The number of nitrogens with zero attached hydrogens (tertiary/aromatic N) is 2. The predicted octanol–water partition coefficient (Wildman–Crippen LogP) is 1.54.